The molecule has 1 aromatic rings. The molecule has 1 aliphatic rings. The maximum Gasteiger partial charge on any atom is 0.287 e. The average molecular weight is 267 g/mol. The van der Waals surface area contributed by atoms with E-state index in [2.05, 4.69) is 5.32 Å². The number of methoxy groups -OCH3 is 1. The normalized spacial score (nSPS) is 17.6. The zero-order chi connectivity index (χ0) is 13.7. The number of nitrogens with one attached hydrogen (secondary N) is 1. The molecule has 0 saturated heterocycles. The topological polar surface area (TPSA) is 71.7 Å². The van der Waals surface area contributed by atoms with E-state index in [4.69, 9.17) is 9.15 Å². The molecule has 1 aliphatic carbocycles. The number of carbonyl (C=O) groups excluding carboxylic acids is 1. The summed E-state index contributed by atoms with van der Waals surface area (Å²) < 4.78 is 10.2. The zero-order valence-electron chi connectivity index (χ0n) is 11.2. The summed E-state index contributed by atoms with van der Waals surface area (Å²) in [4.78, 5) is 11.8. The van der Waals surface area contributed by atoms with E-state index in [-0.39, 0.29) is 18.2 Å². The van der Waals surface area contributed by atoms with Crippen molar-refractivity contribution in [2.24, 2.45) is 5.92 Å². The number of hydrogen-bond acceptors (Lipinski definition) is 4. The van der Waals surface area contributed by atoms with E-state index < -0.39 is 6.10 Å². The van der Waals surface area contributed by atoms with Crippen LogP contribution in [-0.2, 0) is 11.3 Å². The van der Waals surface area contributed by atoms with Gasteiger partial charge in [0, 0.05) is 13.7 Å². The van der Waals surface area contributed by atoms with Gasteiger partial charge in [0.2, 0.25) is 0 Å². The van der Waals surface area contributed by atoms with Gasteiger partial charge in [-0.3, -0.25) is 4.79 Å². The van der Waals surface area contributed by atoms with Gasteiger partial charge in [-0.2, -0.15) is 0 Å². The van der Waals surface area contributed by atoms with Gasteiger partial charge in [-0.1, -0.05) is 12.8 Å². The Balaban J connectivity index is 1.79. The van der Waals surface area contributed by atoms with Crippen LogP contribution in [-0.4, -0.2) is 30.8 Å². The molecule has 2 N–H and O–H groups in total. The predicted molar refractivity (Wildman–Crippen MR) is 69.7 cm³/mol. The molecule has 1 saturated carbocycles. The molecule has 1 unspecified atom stereocenters. The van der Waals surface area contributed by atoms with Gasteiger partial charge in [-0.05, 0) is 30.9 Å². The Kier molecular flexibility index (Phi) is 4.99. The first-order chi connectivity index (χ1) is 9.20. The van der Waals surface area contributed by atoms with Crippen LogP contribution in [0.15, 0.2) is 16.5 Å². The number of ether oxygens (including phenoxy) is 1. The minimum Gasteiger partial charge on any atom is -0.453 e. The van der Waals surface area contributed by atoms with E-state index in [1.54, 1.807) is 19.2 Å². The van der Waals surface area contributed by atoms with Crippen molar-refractivity contribution in [1.82, 2.24) is 5.32 Å². The van der Waals surface area contributed by atoms with Crippen LogP contribution in [0, 0.1) is 5.92 Å². The van der Waals surface area contributed by atoms with Gasteiger partial charge in [0.15, 0.2) is 5.76 Å². The summed E-state index contributed by atoms with van der Waals surface area (Å²) in [7, 11) is 1.57. The minimum atomic E-state index is -0.458. The van der Waals surface area contributed by atoms with Crippen LogP contribution in [0.2, 0.25) is 0 Å². The highest BCUT2D eigenvalue weighted by Crippen LogP contribution is 2.27. The van der Waals surface area contributed by atoms with Crippen molar-refractivity contribution < 1.29 is 19.1 Å². The molecule has 0 radical (unpaired) electrons. The Labute approximate surface area is 112 Å². The van der Waals surface area contributed by atoms with Gasteiger partial charge in [0.05, 0.1) is 6.10 Å². The number of amides is 1. The molecule has 106 valence electrons. The second kappa shape index (κ2) is 6.73. The van der Waals surface area contributed by atoms with E-state index >= 15 is 0 Å². The lowest BCUT2D eigenvalue weighted by Crippen LogP contribution is -2.35. The highest BCUT2D eigenvalue weighted by atomic mass is 16.5. The van der Waals surface area contributed by atoms with Gasteiger partial charge in [-0.25, -0.2) is 0 Å². The smallest absolute Gasteiger partial charge is 0.287 e. The lowest BCUT2D eigenvalue weighted by atomic mass is 10.0. The molecule has 0 aliphatic heterocycles. The van der Waals surface area contributed by atoms with Crippen molar-refractivity contribution in [3.63, 3.8) is 0 Å². The summed E-state index contributed by atoms with van der Waals surface area (Å²) in [6.45, 7) is 0.627. The molecular formula is C14H21NO4. The second-order valence-corrected chi connectivity index (χ2v) is 5.02. The molecule has 0 spiro atoms. The van der Waals surface area contributed by atoms with Crippen LogP contribution < -0.4 is 5.32 Å². The standard InChI is InChI=1S/C14H21NO4/c1-18-9-11-6-7-13(19-11)14(17)15-8-12(16)10-4-2-3-5-10/h6-7,10,12,16H,2-5,8-9H2,1H3,(H,15,17). The van der Waals surface area contributed by atoms with Gasteiger partial charge in [0.25, 0.3) is 5.91 Å². The largest absolute Gasteiger partial charge is 0.453 e. The molecule has 5 heteroatoms. The summed E-state index contributed by atoms with van der Waals surface area (Å²) >= 11 is 0. The number of hydrogen-bond donors (Lipinski definition) is 2. The van der Waals surface area contributed by atoms with E-state index in [0.29, 0.717) is 18.3 Å². The van der Waals surface area contributed by atoms with Crippen LogP contribution in [0.4, 0.5) is 0 Å². The third-order valence-corrected chi connectivity index (χ3v) is 3.59. The Morgan fingerprint density at radius 3 is 2.95 bits per heavy atom. The van der Waals surface area contributed by atoms with Gasteiger partial charge >= 0.3 is 0 Å². The Morgan fingerprint density at radius 2 is 2.26 bits per heavy atom. The van der Waals surface area contributed by atoms with E-state index in [0.717, 1.165) is 12.8 Å². The van der Waals surface area contributed by atoms with Gasteiger partial charge in [0.1, 0.15) is 12.4 Å². The van der Waals surface area contributed by atoms with Crippen molar-refractivity contribution in [2.75, 3.05) is 13.7 Å². The fourth-order valence-corrected chi connectivity index (χ4v) is 2.51. The lowest BCUT2D eigenvalue weighted by molar-refractivity contribution is 0.0812. The number of carbonyl (C=O) groups is 1. The second-order valence-electron chi connectivity index (χ2n) is 5.02. The first kappa shape index (κ1) is 14.1. The lowest BCUT2D eigenvalue weighted by Gasteiger charge is -2.17. The predicted octanol–water partition coefficient (Wildman–Crippen LogP) is 1.71. The molecule has 1 heterocycles. The summed E-state index contributed by atoms with van der Waals surface area (Å²) in [6, 6.07) is 3.33. The third kappa shape index (κ3) is 3.81. The van der Waals surface area contributed by atoms with Crippen LogP contribution >= 0.6 is 0 Å². The number of aliphatic hydroxyl groups is 1. The van der Waals surface area contributed by atoms with E-state index in [9.17, 15) is 9.90 Å². The van der Waals surface area contributed by atoms with Crippen molar-refractivity contribution >= 4 is 5.91 Å². The average Bonchev–Trinajstić information content (AvgIpc) is 3.06. The Hall–Kier alpha value is -1.33. The molecule has 19 heavy (non-hydrogen) atoms. The first-order valence-electron chi connectivity index (χ1n) is 6.74. The number of furan rings is 1. The molecule has 1 aromatic heterocycles. The third-order valence-electron chi connectivity index (χ3n) is 3.59. The van der Waals surface area contributed by atoms with Gasteiger partial charge in [-0.15, -0.1) is 0 Å². The first-order valence-corrected chi connectivity index (χ1v) is 6.74. The van der Waals surface area contributed by atoms with Crippen molar-refractivity contribution in [3.05, 3.63) is 23.7 Å². The summed E-state index contributed by atoms with van der Waals surface area (Å²) in [6.07, 6.45) is 3.99. The van der Waals surface area contributed by atoms with Gasteiger partial charge < -0.3 is 19.6 Å². The monoisotopic (exact) mass is 267 g/mol. The quantitative estimate of drug-likeness (QED) is 0.823. The van der Waals surface area contributed by atoms with E-state index in [1.165, 1.54) is 12.8 Å². The molecule has 0 bridgehead atoms. The van der Waals surface area contributed by atoms with Crippen LogP contribution in [0.5, 0.6) is 0 Å². The molecule has 1 fully saturated rings. The molecule has 5 nitrogen and oxygen atoms in total. The maximum atomic E-state index is 11.8. The van der Waals surface area contributed by atoms with Crippen molar-refractivity contribution in [3.8, 4) is 0 Å². The zero-order valence-corrected chi connectivity index (χ0v) is 11.2. The van der Waals surface area contributed by atoms with Crippen LogP contribution in [0.3, 0.4) is 0 Å². The van der Waals surface area contributed by atoms with Crippen molar-refractivity contribution in [1.29, 1.82) is 0 Å². The SMILES string of the molecule is COCc1ccc(C(=O)NCC(O)C2CCCC2)o1. The van der Waals surface area contributed by atoms with Crippen LogP contribution in [0.1, 0.15) is 42.0 Å². The fourth-order valence-electron chi connectivity index (χ4n) is 2.51. The fraction of sp³-hybridized carbons (Fsp3) is 0.643. The molecule has 1 atom stereocenters. The maximum absolute atomic E-state index is 11.8. The molecule has 2 rings (SSSR count). The van der Waals surface area contributed by atoms with Crippen LogP contribution in [0.25, 0.3) is 0 Å². The highest BCUT2D eigenvalue weighted by molar-refractivity contribution is 5.91. The molecular weight excluding hydrogens is 246 g/mol. The Morgan fingerprint density at radius 1 is 1.53 bits per heavy atom. The molecule has 0 aromatic carbocycles. The molecule has 1 amide bonds. The summed E-state index contributed by atoms with van der Waals surface area (Å²) in [5.41, 5.74) is 0. The van der Waals surface area contributed by atoms with Crippen molar-refractivity contribution in [2.45, 2.75) is 38.4 Å². The highest BCUT2D eigenvalue weighted by Gasteiger charge is 2.23. The number of aliphatic hydroxyl groups excluding tert-OH is 1. The van der Waals surface area contributed by atoms with E-state index in [1.807, 2.05) is 0 Å². The number of rotatable bonds is 6. The minimum absolute atomic E-state index is 0.255. The Bertz CT molecular complexity index is 409. The summed E-state index contributed by atoms with van der Waals surface area (Å²) in [5, 5.41) is 12.7. The summed E-state index contributed by atoms with van der Waals surface area (Å²) in [5.74, 6) is 0.898.